The number of nitrogens with one attached hydrogen (secondary N) is 2. The van der Waals surface area contributed by atoms with Crippen LogP contribution in [0.15, 0.2) is 53.6 Å². The number of hydrogen-bond donors (Lipinski definition) is 4. The zero-order valence-corrected chi connectivity index (χ0v) is 21.9. The molecule has 0 radical (unpaired) electrons. The van der Waals surface area contributed by atoms with Crippen molar-refractivity contribution in [1.29, 1.82) is 0 Å². The Balaban J connectivity index is 1.60. The largest absolute Gasteiger partial charge is 0.467 e. The first-order chi connectivity index (χ1) is 19.2. The molecule has 6 N–H and O–H groups in total. The summed E-state index contributed by atoms with van der Waals surface area (Å²) in [6.45, 7) is 0.0617. The number of aliphatic imine (C=N–C) groups is 1. The number of hydrazine groups is 1. The van der Waals surface area contributed by atoms with Crippen molar-refractivity contribution in [1.82, 2.24) is 15.3 Å². The van der Waals surface area contributed by atoms with Gasteiger partial charge in [0.2, 0.25) is 5.54 Å². The maximum Gasteiger partial charge on any atom is 0.341 e. The van der Waals surface area contributed by atoms with E-state index in [0.29, 0.717) is 5.01 Å². The molecule has 3 aliphatic rings. The Kier molecular flexibility index (Phi) is 7.31. The molecule has 2 aromatic rings. The molecule has 1 aliphatic carbocycles. The van der Waals surface area contributed by atoms with Crippen LogP contribution in [0.3, 0.4) is 0 Å². The van der Waals surface area contributed by atoms with Crippen LogP contribution in [0.4, 0.5) is 0 Å². The molecule has 0 spiro atoms. The molecular formula is C26H31N7O7. The smallest absolute Gasteiger partial charge is 0.341 e. The minimum Gasteiger partial charge on any atom is -0.467 e. The summed E-state index contributed by atoms with van der Waals surface area (Å²) < 4.78 is 16.9. The van der Waals surface area contributed by atoms with Gasteiger partial charge in [0.25, 0.3) is 0 Å². The number of H-pyrrole nitrogens is 1. The van der Waals surface area contributed by atoms with Crippen molar-refractivity contribution in [3.63, 3.8) is 0 Å². The highest BCUT2D eigenvalue weighted by atomic mass is 16.7. The lowest BCUT2D eigenvalue weighted by molar-refractivity contribution is -0.655. The van der Waals surface area contributed by atoms with Gasteiger partial charge in [-0.3, -0.25) is 15.1 Å². The van der Waals surface area contributed by atoms with Crippen LogP contribution in [0, 0.1) is 10.1 Å². The second-order valence-electron chi connectivity index (χ2n) is 9.80. The van der Waals surface area contributed by atoms with Crippen molar-refractivity contribution in [2.45, 2.75) is 49.1 Å². The lowest BCUT2D eigenvalue weighted by Crippen LogP contribution is -2.75. The summed E-state index contributed by atoms with van der Waals surface area (Å²) in [7, 11) is 1.11. The molecule has 1 unspecified atom stereocenters. The topological polar surface area (TPSA) is 200 Å². The number of carbonyl (C=O) groups excluding carboxylic acids is 2. The molecule has 14 nitrogen and oxygen atoms in total. The summed E-state index contributed by atoms with van der Waals surface area (Å²) in [6.07, 6.45) is 5.50. The van der Waals surface area contributed by atoms with Gasteiger partial charge in [-0.1, -0.05) is 36.4 Å². The highest BCUT2D eigenvalue weighted by molar-refractivity contribution is 5.93. The normalized spacial score (nSPS) is 24.5. The molecule has 0 bridgehead atoms. The number of aromatic amines is 1. The molecule has 40 heavy (non-hydrogen) atoms. The molecule has 212 valence electrons. The molecule has 0 saturated carbocycles. The number of hydrogen-bond acceptors (Lipinski definition) is 9. The summed E-state index contributed by atoms with van der Waals surface area (Å²) in [5.41, 5.74) is 9.57. The Morgan fingerprint density at radius 3 is 2.88 bits per heavy atom. The van der Waals surface area contributed by atoms with E-state index in [1.165, 1.54) is 6.08 Å². The van der Waals surface area contributed by atoms with Gasteiger partial charge in [0.15, 0.2) is 16.6 Å². The average Bonchev–Trinajstić information content (AvgIpc) is 3.55. The van der Waals surface area contributed by atoms with Crippen molar-refractivity contribution in [2.24, 2.45) is 16.5 Å². The van der Waals surface area contributed by atoms with Gasteiger partial charge in [-0.2, -0.15) is 0 Å². The van der Waals surface area contributed by atoms with E-state index in [2.05, 4.69) is 15.3 Å². The number of nitrogens with two attached hydrogens (primary N) is 2. The second-order valence-corrected chi connectivity index (χ2v) is 9.80. The van der Waals surface area contributed by atoms with Crippen LogP contribution in [-0.2, 0) is 36.8 Å². The Labute approximate surface area is 229 Å². The molecule has 1 saturated heterocycles. The lowest BCUT2D eigenvalue weighted by atomic mass is 9.70. The monoisotopic (exact) mass is 553 g/mol. The van der Waals surface area contributed by atoms with Crippen LogP contribution >= 0.6 is 0 Å². The van der Waals surface area contributed by atoms with E-state index in [9.17, 15) is 19.7 Å². The van der Waals surface area contributed by atoms with Crippen LogP contribution in [0.25, 0.3) is 10.9 Å². The number of nitro groups is 1. The number of carbonyl (C=O) groups is 2. The minimum atomic E-state index is -2.27. The number of amides is 1. The minimum absolute atomic E-state index is 0.0440. The number of rotatable bonds is 9. The molecule has 4 atom stereocenters. The Morgan fingerprint density at radius 2 is 2.12 bits per heavy atom. The third-order valence-corrected chi connectivity index (χ3v) is 7.74. The van der Waals surface area contributed by atoms with E-state index in [4.69, 9.17) is 25.7 Å². The molecule has 5 rings (SSSR count). The summed E-state index contributed by atoms with van der Waals surface area (Å²) in [4.78, 5) is 48.3. The molecule has 2 aliphatic heterocycles. The summed E-state index contributed by atoms with van der Waals surface area (Å²) >= 11 is 0. The van der Waals surface area contributed by atoms with Crippen LogP contribution in [-0.4, -0.2) is 76.6 Å². The van der Waals surface area contributed by atoms with E-state index < -0.39 is 40.2 Å². The van der Waals surface area contributed by atoms with E-state index in [1.54, 1.807) is 18.2 Å². The number of fused-ring (bicyclic) bond motifs is 4. The Morgan fingerprint density at radius 1 is 1.32 bits per heavy atom. The number of benzene rings is 1. The zero-order valence-electron chi connectivity index (χ0n) is 21.9. The molecule has 1 amide bonds. The summed E-state index contributed by atoms with van der Waals surface area (Å²) in [6, 6.07) is 6.62. The van der Waals surface area contributed by atoms with E-state index in [1.807, 2.05) is 24.3 Å². The highest BCUT2D eigenvalue weighted by Gasteiger charge is 2.72. The van der Waals surface area contributed by atoms with Crippen LogP contribution in [0.2, 0.25) is 0 Å². The zero-order chi connectivity index (χ0) is 28.5. The quantitative estimate of drug-likeness (QED) is 0.0841. The first-order valence-corrected chi connectivity index (χ1v) is 12.8. The highest BCUT2D eigenvalue weighted by Crippen LogP contribution is 2.47. The molecule has 14 heteroatoms. The predicted octanol–water partition coefficient (Wildman–Crippen LogP) is 0.406. The van der Waals surface area contributed by atoms with Crippen LogP contribution in [0.1, 0.15) is 24.1 Å². The number of guanidine groups is 1. The summed E-state index contributed by atoms with van der Waals surface area (Å²) in [5.74, 6) is -2.12. The van der Waals surface area contributed by atoms with Gasteiger partial charge >= 0.3 is 11.9 Å². The van der Waals surface area contributed by atoms with Crippen molar-refractivity contribution in [3.8, 4) is 0 Å². The van der Waals surface area contributed by atoms with Crippen molar-refractivity contribution >= 4 is 28.7 Å². The Hall–Kier alpha value is -4.27. The lowest BCUT2D eigenvalue weighted by Gasteiger charge is -2.47. The number of aromatic nitrogens is 1. The molecule has 3 heterocycles. The van der Waals surface area contributed by atoms with Crippen molar-refractivity contribution in [3.05, 3.63) is 69.9 Å². The summed E-state index contributed by atoms with van der Waals surface area (Å²) in [5, 5.41) is 16.4. The van der Waals surface area contributed by atoms with Gasteiger partial charge in [-0.05, 0) is 42.0 Å². The third-order valence-electron chi connectivity index (χ3n) is 7.74. The van der Waals surface area contributed by atoms with Crippen LogP contribution < -0.4 is 16.8 Å². The van der Waals surface area contributed by atoms with E-state index >= 15 is 0 Å². The SMILES string of the molecule is COC(=O)[C@](CCCN=C(N)N)(N(C(=O)[C@@H]1Cc2c([nH]c3ccccc23)CN1)[N+](=O)[O-])[C@@]12C=CC=CC1OCO2. The molecule has 1 fully saturated rings. The number of methoxy groups -OCH3 is 1. The average molecular weight is 554 g/mol. The first-order valence-electron chi connectivity index (χ1n) is 12.8. The fourth-order valence-electron chi connectivity index (χ4n) is 6.01. The van der Waals surface area contributed by atoms with Gasteiger partial charge in [0, 0.05) is 29.7 Å². The maximum atomic E-state index is 14.2. The Bertz CT molecular complexity index is 1420. The van der Waals surface area contributed by atoms with E-state index in [-0.39, 0.29) is 45.1 Å². The van der Waals surface area contributed by atoms with Crippen molar-refractivity contribution in [2.75, 3.05) is 20.4 Å². The fourth-order valence-corrected chi connectivity index (χ4v) is 6.01. The number of nitrogens with zero attached hydrogens (tertiary/aromatic N) is 3. The number of allylic oxidation sites excluding steroid dienone is 2. The maximum absolute atomic E-state index is 14.2. The number of para-hydroxylation sites is 1. The second kappa shape index (κ2) is 10.7. The van der Waals surface area contributed by atoms with Crippen molar-refractivity contribution < 1.29 is 28.8 Å². The molecule has 1 aromatic heterocycles. The number of ether oxygens (including phenoxy) is 3. The van der Waals surface area contributed by atoms with Gasteiger partial charge in [-0.25, -0.2) is 14.9 Å². The first kappa shape index (κ1) is 27.3. The van der Waals surface area contributed by atoms with Crippen LogP contribution in [0.5, 0.6) is 0 Å². The molecule has 1 aromatic carbocycles. The predicted molar refractivity (Wildman–Crippen MR) is 143 cm³/mol. The van der Waals surface area contributed by atoms with Gasteiger partial charge in [-0.15, -0.1) is 0 Å². The molecular weight excluding hydrogens is 522 g/mol. The van der Waals surface area contributed by atoms with Gasteiger partial charge < -0.3 is 30.7 Å². The van der Waals surface area contributed by atoms with E-state index in [0.717, 1.165) is 29.3 Å². The standard InChI is InChI=1S/C26H31N7O7/c1-38-23(35)25(10-6-12-29-24(27)28,26-11-5-4-9-21(26)39-15-40-26)32(33(36)37)22(34)19-13-17-16-7-2-3-8-18(16)31-20(17)14-30-19/h2-5,7-9,11,19,21,30-31H,6,10,12-15H2,1H3,(H4,27,28,29)/t19-,21?,25-,26+/m0/s1. The third kappa shape index (κ3) is 4.29. The van der Waals surface area contributed by atoms with Gasteiger partial charge in [0.05, 0.1) is 13.2 Å². The van der Waals surface area contributed by atoms with Gasteiger partial charge in [0.1, 0.15) is 12.9 Å². The fraction of sp³-hybridized carbons (Fsp3) is 0.423. The number of esters is 1.